The Morgan fingerprint density at radius 3 is 2.66 bits per heavy atom. The predicted molar refractivity (Wildman–Crippen MR) is 125 cm³/mol. The Morgan fingerprint density at radius 2 is 1.90 bits per heavy atom. The van der Waals surface area contributed by atoms with Crippen molar-refractivity contribution in [2.75, 3.05) is 0 Å². The first-order chi connectivity index (χ1) is 14.1. The molecule has 150 valence electrons. The third-order valence-corrected chi connectivity index (χ3v) is 7.94. The Kier molecular flexibility index (Phi) is 6.39. The summed E-state index contributed by atoms with van der Waals surface area (Å²) in [6.45, 7) is 7.35. The second-order valence-corrected chi connectivity index (χ2v) is 9.79. The number of hydrogen-bond acceptors (Lipinski definition) is 6. The molecule has 0 aliphatic heterocycles. The van der Waals surface area contributed by atoms with Gasteiger partial charge in [0.25, 0.3) is 0 Å². The maximum atomic E-state index is 6.31. The molecule has 0 spiro atoms. The lowest BCUT2D eigenvalue weighted by molar-refractivity contribution is 0.687. The van der Waals surface area contributed by atoms with Gasteiger partial charge >= 0.3 is 0 Å². The highest BCUT2D eigenvalue weighted by atomic mass is 35.5. The highest BCUT2D eigenvalue weighted by Crippen LogP contribution is 2.34. The van der Waals surface area contributed by atoms with Crippen LogP contribution in [0.2, 0.25) is 5.02 Å². The van der Waals surface area contributed by atoms with E-state index in [-0.39, 0.29) is 0 Å². The van der Waals surface area contributed by atoms with E-state index in [0.717, 1.165) is 51.0 Å². The number of aryl methyl sites for hydroxylation is 1. The standard InChI is InChI=1S/C21H21ClN4S3/c1-4-15-13(3)27-12-17(15)19-24-25-21(26(19)5-2)29-11-14-10-28-20(23-14)16-8-6-7-9-18(16)22/h6-10,12H,4-5,11H2,1-3H3. The van der Waals surface area contributed by atoms with Gasteiger partial charge in [-0.2, -0.15) is 0 Å². The Morgan fingerprint density at radius 1 is 1.07 bits per heavy atom. The molecule has 0 bridgehead atoms. The van der Waals surface area contributed by atoms with Crippen molar-refractivity contribution in [3.63, 3.8) is 0 Å². The number of hydrogen-bond donors (Lipinski definition) is 0. The summed E-state index contributed by atoms with van der Waals surface area (Å²) in [4.78, 5) is 6.12. The molecule has 29 heavy (non-hydrogen) atoms. The number of thiazole rings is 1. The van der Waals surface area contributed by atoms with Crippen LogP contribution in [0.3, 0.4) is 0 Å². The molecule has 4 nitrogen and oxygen atoms in total. The SMILES string of the molecule is CCc1c(-c2nnc(SCc3csc(-c4ccccc4Cl)n3)n2CC)csc1C. The van der Waals surface area contributed by atoms with Crippen molar-refractivity contribution < 1.29 is 0 Å². The van der Waals surface area contributed by atoms with E-state index in [4.69, 9.17) is 16.6 Å². The van der Waals surface area contributed by atoms with Gasteiger partial charge in [0.1, 0.15) is 5.01 Å². The van der Waals surface area contributed by atoms with Gasteiger partial charge in [-0.15, -0.1) is 32.9 Å². The summed E-state index contributed by atoms with van der Waals surface area (Å²) in [5, 5.41) is 15.9. The number of thioether (sulfide) groups is 1. The number of halogens is 1. The van der Waals surface area contributed by atoms with E-state index in [9.17, 15) is 0 Å². The first kappa shape index (κ1) is 20.6. The molecule has 1 aromatic carbocycles. The van der Waals surface area contributed by atoms with Gasteiger partial charge in [0, 0.05) is 39.1 Å². The Labute approximate surface area is 188 Å². The molecule has 0 saturated carbocycles. The molecule has 0 saturated heterocycles. The van der Waals surface area contributed by atoms with Crippen LogP contribution >= 0.6 is 46.0 Å². The molecule has 3 aromatic heterocycles. The monoisotopic (exact) mass is 460 g/mol. The summed E-state index contributed by atoms with van der Waals surface area (Å²) >= 11 is 11.4. The van der Waals surface area contributed by atoms with Crippen LogP contribution < -0.4 is 0 Å². The zero-order chi connectivity index (χ0) is 20.4. The maximum Gasteiger partial charge on any atom is 0.191 e. The van der Waals surface area contributed by atoms with Gasteiger partial charge < -0.3 is 4.57 Å². The molecular weight excluding hydrogens is 440 g/mol. The van der Waals surface area contributed by atoms with Crippen molar-refractivity contribution in [2.45, 2.75) is 44.6 Å². The van der Waals surface area contributed by atoms with Crippen LogP contribution in [0.15, 0.2) is 40.2 Å². The molecular formula is C21H21ClN4S3. The number of benzene rings is 1. The van der Waals surface area contributed by atoms with Crippen LogP contribution in [0.5, 0.6) is 0 Å². The molecule has 0 amide bonds. The number of aromatic nitrogens is 4. The van der Waals surface area contributed by atoms with Crippen molar-refractivity contribution in [3.8, 4) is 22.0 Å². The molecule has 0 aliphatic carbocycles. The molecule has 0 N–H and O–H groups in total. The van der Waals surface area contributed by atoms with E-state index in [0.29, 0.717) is 0 Å². The van der Waals surface area contributed by atoms with Crippen molar-refractivity contribution in [3.05, 3.63) is 56.2 Å². The molecule has 0 aliphatic rings. The molecule has 4 rings (SSSR count). The van der Waals surface area contributed by atoms with Crippen LogP contribution in [-0.4, -0.2) is 19.7 Å². The van der Waals surface area contributed by atoms with Gasteiger partial charge in [0.05, 0.1) is 10.7 Å². The molecule has 4 aromatic rings. The summed E-state index contributed by atoms with van der Waals surface area (Å²) in [5.74, 6) is 1.72. The normalized spacial score (nSPS) is 11.3. The fraction of sp³-hybridized carbons (Fsp3) is 0.286. The van der Waals surface area contributed by atoms with Crippen molar-refractivity contribution in [1.29, 1.82) is 0 Å². The summed E-state index contributed by atoms with van der Waals surface area (Å²) < 4.78 is 2.20. The zero-order valence-electron chi connectivity index (χ0n) is 16.5. The molecule has 8 heteroatoms. The van der Waals surface area contributed by atoms with Crippen LogP contribution in [-0.2, 0) is 18.7 Å². The summed E-state index contributed by atoms with van der Waals surface area (Å²) in [6.07, 6.45) is 1.01. The van der Waals surface area contributed by atoms with Crippen LogP contribution in [0, 0.1) is 6.92 Å². The van der Waals surface area contributed by atoms with Gasteiger partial charge in [0.2, 0.25) is 0 Å². The molecule has 0 radical (unpaired) electrons. The van der Waals surface area contributed by atoms with Crippen LogP contribution in [0.1, 0.15) is 30.0 Å². The van der Waals surface area contributed by atoms with Gasteiger partial charge in [-0.3, -0.25) is 0 Å². The van der Waals surface area contributed by atoms with Crippen LogP contribution in [0.25, 0.3) is 22.0 Å². The van der Waals surface area contributed by atoms with E-state index in [1.54, 1.807) is 34.4 Å². The minimum atomic E-state index is 0.731. The topological polar surface area (TPSA) is 43.6 Å². The fourth-order valence-corrected chi connectivity index (χ4v) is 6.34. The molecule has 0 unspecified atom stereocenters. The Balaban J connectivity index is 1.54. The lowest BCUT2D eigenvalue weighted by Crippen LogP contribution is -2.00. The fourth-order valence-electron chi connectivity index (χ4n) is 3.26. The van der Waals surface area contributed by atoms with Crippen molar-refractivity contribution in [1.82, 2.24) is 19.7 Å². The smallest absolute Gasteiger partial charge is 0.191 e. The summed E-state index contributed by atoms with van der Waals surface area (Å²) in [7, 11) is 0. The summed E-state index contributed by atoms with van der Waals surface area (Å²) in [5.41, 5.74) is 4.60. The highest BCUT2D eigenvalue weighted by Gasteiger charge is 2.18. The van der Waals surface area contributed by atoms with Crippen LogP contribution in [0.4, 0.5) is 0 Å². The predicted octanol–water partition coefficient (Wildman–Crippen LogP) is 6.97. The molecule has 0 fully saturated rings. The van der Waals surface area contributed by atoms with Gasteiger partial charge in [-0.05, 0) is 31.9 Å². The number of nitrogens with zero attached hydrogens (tertiary/aromatic N) is 4. The second kappa shape index (κ2) is 9.00. The Bertz CT molecular complexity index is 1130. The third kappa shape index (κ3) is 4.14. The van der Waals surface area contributed by atoms with E-state index >= 15 is 0 Å². The largest absolute Gasteiger partial charge is 0.302 e. The average Bonchev–Trinajstić information content (AvgIpc) is 3.44. The van der Waals surface area contributed by atoms with Crippen molar-refractivity contribution in [2.24, 2.45) is 0 Å². The number of thiophene rings is 1. The molecule has 0 atom stereocenters. The second-order valence-electron chi connectivity index (χ2n) is 6.50. The lowest BCUT2D eigenvalue weighted by Gasteiger charge is -2.07. The first-order valence-electron chi connectivity index (χ1n) is 9.45. The van der Waals surface area contributed by atoms with Crippen molar-refractivity contribution >= 4 is 46.0 Å². The zero-order valence-corrected chi connectivity index (χ0v) is 19.7. The minimum Gasteiger partial charge on any atom is -0.302 e. The lowest BCUT2D eigenvalue weighted by atomic mass is 10.1. The minimum absolute atomic E-state index is 0.731. The first-order valence-corrected chi connectivity index (χ1v) is 12.6. The van der Waals surface area contributed by atoms with E-state index in [2.05, 4.69) is 46.3 Å². The third-order valence-electron chi connectivity index (χ3n) is 4.74. The van der Waals surface area contributed by atoms with Gasteiger partial charge in [-0.1, -0.05) is 48.5 Å². The molecule has 3 heterocycles. The highest BCUT2D eigenvalue weighted by molar-refractivity contribution is 7.98. The van der Waals surface area contributed by atoms with E-state index in [1.165, 1.54) is 16.0 Å². The summed E-state index contributed by atoms with van der Waals surface area (Å²) in [6, 6.07) is 7.82. The average molecular weight is 461 g/mol. The maximum absolute atomic E-state index is 6.31. The van der Waals surface area contributed by atoms with E-state index in [1.807, 2.05) is 24.3 Å². The van der Waals surface area contributed by atoms with Gasteiger partial charge in [0.15, 0.2) is 11.0 Å². The Hall–Kier alpha value is -1.67. The van der Waals surface area contributed by atoms with Gasteiger partial charge in [-0.25, -0.2) is 4.98 Å². The number of rotatable bonds is 7. The quantitative estimate of drug-likeness (QED) is 0.279. The van der Waals surface area contributed by atoms with E-state index < -0.39 is 0 Å².